The lowest BCUT2D eigenvalue weighted by atomic mass is 9.93. The van der Waals surface area contributed by atoms with Crippen LogP contribution < -0.4 is 0 Å². The predicted octanol–water partition coefficient (Wildman–Crippen LogP) is 3.70. The Balaban J connectivity index is 1.75. The number of carbonyl (C=O) groups is 2. The number of ketones is 1. The Kier molecular flexibility index (Phi) is 5.49. The molecule has 0 radical (unpaired) electrons. The summed E-state index contributed by atoms with van der Waals surface area (Å²) in [4.78, 5) is 24.1. The van der Waals surface area contributed by atoms with Gasteiger partial charge in [0.1, 0.15) is 12.4 Å². The maximum atomic E-state index is 12.8. The van der Waals surface area contributed by atoms with Crippen molar-refractivity contribution in [3.05, 3.63) is 64.7 Å². The maximum absolute atomic E-state index is 12.8. The lowest BCUT2D eigenvalue weighted by molar-refractivity contribution is -0.144. The molecular formula is C22H24O5. The van der Waals surface area contributed by atoms with Gasteiger partial charge in [0, 0.05) is 30.4 Å². The van der Waals surface area contributed by atoms with E-state index in [-0.39, 0.29) is 42.8 Å². The topological polar surface area (TPSA) is 83.8 Å². The van der Waals surface area contributed by atoms with Crippen LogP contribution in [-0.2, 0) is 16.1 Å². The molecule has 2 aromatic carbocycles. The van der Waals surface area contributed by atoms with Crippen molar-refractivity contribution in [2.75, 3.05) is 0 Å². The molecule has 0 spiro atoms. The van der Waals surface area contributed by atoms with Crippen LogP contribution >= 0.6 is 0 Å². The summed E-state index contributed by atoms with van der Waals surface area (Å²) in [5.74, 6) is -0.688. The van der Waals surface area contributed by atoms with Crippen LogP contribution in [0.15, 0.2) is 42.5 Å². The van der Waals surface area contributed by atoms with Crippen LogP contribution in [0.4, 0.5) is 0 Å². The summed E-state index contributed by atoms with van der Waals surface area (Å²) in [7, 11) is 0. The van der Waals surface area contributed by atoms with E-state index in [1.54, 1.807) is 19.1 Å². The third-order valence-electron chi connectivity index (χ3n) is 4.91. The summed E-state index contributed by atoms with van der Waals surface area (Å²) in [6.07, 6.45) is 0.562. The molecule has 5 heteroatoms. The Morgan fingerprint density at radius 3 is 2.48 bits per heavy atom. The highest BCUT2D eigenvalue weighted by Crippen LogP contribution is 2.34. The zero-order chi connectivity index (χ0) is 20.3. The van der Waals surface area contributed by atoms with Crippen molar-refractivity contribution in [2.45, 2.75) is 51.2 Å². The number of aromatic hydroxyl groups is 1. The summed E-state index contributed by atoms with van der Waals surface area (Å²) >= 11 is 0. The molecular weight excluding hydrogens is 344 g/mol. The van der Waals surface area contributed by atoms with Gasteiger partial charge >= 0.3 is 5.97 Å². The first-order valence-corrected chi connectivity index (χ1v) is 9.11. The minimum Gasteiger partial charge on any atom is -0.508 e. The highest BCUT2D eigenvalue weighted by molar-refractivity contribution is 6.09. The van der Waals surface area contributed by atoms with Gasteiger partial charge in [0.05, 0.1) is 6.10 Å². The fourth-order valence-corrected chi connectivity index (χ4v) is 3.28. The molecule has 1 aliphatic carbocycles. The molecule has 3 rings (SSSR count). The Morgan fingerprint density at radius 2 is 1.85 bits per heavy atom. The molecule has 0 aliphatic heterocycles. The van der Waals surface area contributed by atoms with Crippen molar-refractivity contribution < 1.29 is 25.9 Å². The molecule has 0 amide bonds. The van der Waals surface area contributed by atoms with Crippen molar-refractivity contribution in [3.8, 4) is 5.75 Å². The molecule has 1 fully saturated rings. The van der Waals surface area contributed by atoms with Crippen molar-refractivity contribution in [2.24, 2.45) is 0 Å². The molecule has 0 aromatic heterocycles. The fraction of sp³-hybridized carbons (Fsp3) is 0.364. The van der Waals surface area contributed by atoms with Gasteiger partial charge in [0.2, 0.25) is 0 Å². The van der Waals surface area contributed by atoms with Crippen LogP contribution in [0.2, 0.25) is 0 Å². The highest BCUT2D eigenvalue weighted by Gasteiger charge is 2.26. The fourth-order valence-electron chi connectivity index (χ4n) is 3.28. The van der Waals surface area contributed by atoms with E-state index in [1.165, 1.54) is 18.2 Å². The van der Waals surface area contributed by atoms with Gasteiger partial charge in [-0.2, -0.15) is 0 Å². The molecule has 3 atom stereocenters. The summed E-state index contributed by atoms with van der Waals surface area (Å²) in [6.45, 7) is 1.59. The van der Waals surface area contributed by atoms with Crippen LogP contribution in [0.25, 0.3) is 0 Å². The monoisotopic (exact) mass is 369 g/mol. The van der Waals surface area contributed by atoms with Crippen LogP contribution in [-0.4, -0.2) is 28.1 Å². The Morgan fingerprint density at radius 1 is 1.15 bits per heavy atom. The number of esters is 1. The average molecular weight is 369 g/mol. The standard InChI is InChI=1S/C22H24O5/c1-2-21(25)27-13-17-12-16(10-11-19(17)23)22(26)15-8-6-14(7-9-15)18-4-3-5-20(18)24/h6-12,18,20,23-24H,2-5,13H2,1H3/i3D. The third kappa shape index (κ3) is 4.37. The maximum Gasteiger partial charge on any atom is 0.305 e. The van der Waals surface area contributed by atoms with E-state index in [4.69, 9.17) is 6.11 Å². The van der Waals surface area contributed by atoms with E-state index in [0.717, 1.165) is 5.56 Å². The van der Waals surface area contributed by atoms with E-state index >= 15 is 0 Å². The minimum absolute atomic E-state index is 0.0315. The molecule has 3 unspecified atom stereocenters. The molecule has 2 N–H and O–H groups in total. The molecule has 0 bridgehead atoms. The van der Waals surface area contributed by atoms with E-state index in [1.807, 2.05) is 12.1 Å². The lowest BCUT2D eigenvalue weighted by Gasteiger charge is -2.15. The van der Waals surface area contributed by atoms with Crippen molar-refractivity contribution in [1.29, 1.82) is 0 Å². The van der Waals surface area contributed by atoms with Crippen LogP contribution in [0.5, 0.6) is 5.75 Å². The molecule has 0 saturated heterocycles. The quantitative estimate of drug-likeness (QED) is 0.599. The molecule has 5 nitrogen and oxygen atoms in total. The second-order valence-electron chi connectivity index (χ2n) is 6.74. The predicted molar refractivity (Wildman–Crippen MR) is 101 cm³/mol. The molecule has 27 heavy (non-hydrogen) atoms. The zero-order valence-corrected chi connectivity index (χ0v) is 15.2. The Hall–Kier alpha value is -2.66. The van der Waals surface area contributed by atoms with Gasteiger partial charge in [-0.15, -0.1) is 0 Å². The molecule has 1 saturated carbocycles. The minimum atomic E-state index is -0.519. The first-order chi connectivity index (χ1) is 13.4. The highest BCUT2D eigenvalue weighted by atomic mass is 16.5. The molecule has 142 valence electrons. The third-order valence-corrected chi connectivity index (χ3v) is 4.91. The van der Waals surface area contributed by atoms with Gasteiger partial charge < -0.3 is 14.9 Å². The summed E-state index contributed by atoms with van der Waals surface area (Å²) < 4.78 is 12.9. The lowest BCUT2D eigenvalue weighted by Crippen LogP contribution is -2.11. The second-order valence-corrected chi connectivity index (χ2v) is 6.74. The number of carbonyl (C=O) groups excluding carboxylic acids is 2. The first-order valence-electron chi connectivity index (χ1n) is 9.69. The van der Waals surface area contributed by atoms with Crippen molar-refractivity contribution in [1.82, 2.24) is 0 Å². The Bertz CT molecular complexity index is 862. The molecule has 2 aromatic rings. The van der Waals surface area contributed by atoms with Gasteiger partial charge in [-0.05, 0) is 36.6 Å². The van der Waals surface area contributed by atoms with Gasteiger partial charge in [-0.25, -0.2) is 0 Å². The number of ether oxygens (including phenoxy) is 1. The van der Waals surface area contributed by atoms with Gasteiger partial charge in [-0.1, -0.05) is 37.6 Å². The van der Waals surface area contributed by atoms with Crippen LogP contribution in [0, 0.1) is 0 Å². The number of phenolic OH excluding ortho intramolecular Hbond substituents is 1. The zero-order valence-electron chi connectivity index (χ0n) is 16.2. The normalized spacial score (nSPS) is 22.3. The van der Waals surface area contributed by atoms with Gasteiger partial charge in [0.25, 0.3) is 0 Å². The number of phenols is 1. The first kappa shape index (κ1) is 17.7. The van der Waals surface area contributed by atoms with Crippen LogP contribution in [0.3, 0.4) is 0 Å². The number of rotatable bonds is 6. The van der Waals surface area contributed by atoms with Gasteiger partial charge in [-0.3, -0.25) is 9.59 Å². The number of aliphatic hydroxyl groups is 1. The van der Waals surface area contributed by atoms with E-state index in [2.05, 4.69) is 0 Å². The van der Waals surface area contributed by atoms with Crippen molar-refractivity contribution in [3.63, 3.8) is 0 Å². The second kappa shape index (κ2) is 8.35. The number of hydrogen-bond acceptors (Lipinski definition) is 5. The van der Waals surface area contributed by atoms with Crippen LogP contribution in [0.1, 0.15) is 66.9 Å². The van der Waals surface area contributed by atoms with Crippen molar-refractivity contribution >= 4 is 11.8 Å². The Labute approximate surface area is 160 Å². The molecule has 0 heterocycles. The summed E-state index contributed by atoms with van der Waals surface area (Å²) in [5, 5.41) is 20.0. The van der Waals surface area contributed by atoms with E-state index in [9.17, 15) is 19.8 Å². The smallest absolute Gasteiger partial charge is 0.305 e. The summed E-state index contributed by atoms with van der Waals surface area (Å²) in [6, 6.07) is 11.5. The number of hydrogen-bond donors (Lipinski definition) is 2. The average Bonchev–Trinajstić information content (AvgIpc) is 3.04. The number of benzene rings is 2. The SMILES string of the molecule is [2H]C1CC(O)C(c2ccc(C(=O)c3ccc(O)c(COC(=O)CC)c3)cc2)C1. The largest absolute Gasteiger partial charge is 0.508 e. The van der Waals surface area contributed by atoms with E-state index < -0.39 is 6.10 Å². The van der Waals surface area contributed by atoms with Gasteiger partial charge in [0.15, 0.2) is 5.78 Å². The van der Waals surface area contributed by atoms with E-state index in [0.29, 0.717) is 29.5 Å². The number of aliphatic hydroxyl groups excluding tert-OH is 1. The molecule has 1 aliphatic rings. The summed E-state index contributed by atoms with van der Waals surface area (Å²) in [5.41, 5.74) is 2.18.